The molecule has 0 bridgehead atoms. The molecule has 0 atom stereocenters. The van der Waals surface area contributed by atoms with E-state index in [2.05, 4.69) is 15.0 Å². The lowest BCUT2D eigenvalue weighted by Crippen LogP contribution is -2.57. The Balaban J connectivity index is 0.00000450. The third-order valence-corrected chi connectivity index (χ3v) is 7.32. The summed E-state index contributed by atoms with van der Waals surface area (Å²) in [6, 6.07) is 4.88. The summed E-state index contributed by atoms with van der Waals surface area (Å²) in [6.45, 7) is 4.25. The number of hydrogen-bond donors (Lipinski definition) is 1. The second kappa shape index (κ2) is 11.3. The van der Waals surface area contributed by atoms with Crippen LogP contribution in [0.4, 0.5) is 8.78 Å². The number of hydrogen-bond acceptors (Lipinski definition) is 5. The van der Waals surface area contributed by atoms with Gasteiger partial charge in [-0.05, 0) is 44.9 Å². The van der Waals surface area contributed by atoms with Gasteiger partial charge >= 0.3 is 6.61 Å². The lowest BCUT2D eigenvalue weighted by Gasteiger charge is -2.39. The van der Waals surface area contributed by atoms with Gasteiger partial charge in [0.1, 0.15) is 0 Å². The fraction of sp³-hybridized carbons (Fsp3) is 0.632. The van der Waals surface area contributed by atoms with E-state index in [0.29, 0.717) is 38.6 Å². The Labute approximate surface area is 194 Å². The van der Waals surface area contributed by atoms with Crippen LogP contribution in [0.15, 0.2) is 23.2 Å². The Bertz CT molecular complexity index is 835. The molecule has 1 heterocycles. The number of benzene rings is 1. The Hall–Kier alpha value is -1.37. The van der Waals surface area contributed by atoms with Gasteiger partial charge in [-0.3, -0.25) is 4.99 Å². The summed E-state index contributed by atoms with van der Waals surface area (Å²) < 4.78 is 58.3. The zero-order valence-electron chi connectivity index (χ0n) is 17.7. The van der Waals surface area contributed by atoms with Crippen molar-refractivity contribution in [1.82, 2.24) is 10.2 Å². The second-order valence-electron chi connectivity index (χ2n) is 7.35. The Morgan fingerprint density at radius 3 is 2.60 bits per heavy atom. The maximum absolute atomic E-state index is 12.6. The van der Waals surface area contributed by atoms with E-state index in [1.54, 1.807) is 26.0 Å². The number of sulfone groups is 1. The summed E-state index contributed by atoms with van der Waals surface area (Å²) in [4.78, 5) is 6.54. The van der Waals surface area contributed by atoms with Crippen molar-refractivity contribution >= 4 is 39.8 Å². The second-order valence-corrected chi connectivity index (χ2v) is 10.1. The van der Waals surface area contributed by atoms with Crippen molar-refractivity contribution in [2.45, 2.75) is 38.6 Å². The minimum Gasteiger partial charge on any atom is -0.493 e. The molecular formula is C19H30F2IN3O4S. The van der Waals surface area contributed by atoms with Gasteiger partial charge in [0.2, 0.25) is 0 Å². The standard InChI is InChI=1S/C19H29F2N3O4S.HI/c1-5-22-18(24-10-11-29(25,26)19(2,3)13-24)23-9-8-14-6-7-15(27-4)16(12-14)28-17(20)21;/h6-7,12,17H,5,8-11,13H2,1-4H3,(H,22,23);1H. The third kappa shape index (κ3) is 6.82. The molecule has 0 unspecified atom stereocenters. The average molecular weight is 561 g/mol. The Kier molecular flexibility index (Phi) is 10.0. The van der Waals surface area contributed by atoms with Crippen molar-refractivity contribution in [2.24, 2.45) is 4.99 Å². The molecule has 1 fully saturated rings. The van der Waals surface area contributed by atoms with Crippen LogP contribution in [-0.2, 0) is 16.3 Å². The largest absolute Gasteiger partial charge is 0.493 e. The first-order chi connectivity index (χ1) is 13.6. The number of methoxy groups -OCH3 is 1. The van der Waals surface area contributed by atoms with Crippen LogP contribution in [0.25, 0.3) is 0 Å². The molecule has 1 aromatic carbocycles. The Morgan fingerprint density at radius 1 is 1.33 bits per heavy atom. The molecule has 0 radical (unpaired) electrons. The summed E-state index contributed by atoms with van der Waals surface area (Å²) >= 11 is 0. The minimum atomic E-state index is -3.14. The molecule has 11 heteroatoms. The van der Waals surface area contributed by atoms with Crippen LogP contribution in [0.5, 0.6) is 11.5 Å². The SMILES string of the molecule is CCNC(=NCCc1ccc(OC)c(OC(F)F)c1)N1CCS(=O)(=O)C(C)(C)C1.I. The van der Waals surface area contributed by atoms with E-state index in [4.69, 9.17) is 4.74 Å². The van der Waals surface area contributed by atoms with Crippen LogP contribution >= 0.6 is 24.0 Å². The van der Waals surface area contributed by atoms with Crippen molar-refractivity contribution < 1.29 is 26.7 Å². The van der Waals surface area contributed by atoms with Gasteiger partial charge in [-0.25, -0.2) is 8.42 Å². The lowest BCUT2D eigenvalue weighted by atomic mass is 10.1. The lowest BCUT2D eigenvalue weighted by molar-refractivity contribution is -0.0512. The van der Waals surface area contributed by atoms with Crippen molar-refractivity contribution in [2.75, 3.05) is 39.0 Å². The molecule has 2 rings (SSSR count). The molecule has 1 saturated heterocycles. The number of ether oxygens (including phenoxy) is 2. The van der Waals surface area contributed by atoms with Crippen LogP contribution in [0.1, 0.15) is 26.3 Å². The summed E-state index contributed by atoms with van der Waals surface area (Å²) in [5.41, 5.74) is 0.780. The van der Waals surface area contributed by atoms with Crippen LogP contribution in [0, 0.1) is 0 Å². The van der Waals surface area contributed by atoms with Gasteiger partial charge in [0.05, 0.1) is 17.6 Å². The van der Waals surface area contributed by atoms with E-state index in [0.717, 1.165) is 5.56 Å². The van der Waals surface area contributed by atoms with Crippen molar-refractivity contribution in [3.05, 3.63) is 23.8 Å². The number of aliphatic imine (C=N–C) groups is 1. The molecule has 1 aliphatic rings. The van der Waals surface area contributed by atoms with E-state index in [1.165, 1.54) is 13.2 Å². The number of nitrogens with zero attached hydrogens (tertiary/aromatic N) is 2. The van der Waals surface area contributed by atoms with Gasteiger partial charge in [0.25, 0.3) is 0 Å². The smallest absolute Gasteiger partial charge is 0.387 e. The molecular weight excluding hydrogens is 531 g/mol. The van der Waals surface area contributed by atoms with Crippen LogP contribution in [-0.4, -0.2) is 69.7 Å². The van der Waals surface area contributed by atoms with Gasteiger partial charge < -0.3 is 19.7 Å². The predicted molar refractivity (Wildman–Crippen MR) is 124 cm³/mol. The normalized spacial score (nSPS) is 18.0. The van der Waals surface area contributed by atoms with Crippen LogP contribution in [0.3, 0.4) is 0 Å². The summed E-state index contributed by atoms with van der Waals surface area (Å²) in [6.07, 6.45) is 0.508. The third-order valence-electron chi connectivity index (χ3n) is 4.78. The fourth-order valence-corrected chi connectivity index (χ4v) is 4.47. The van der Waals surface area contributed by atoms with Crippen molar-refractivity contribution in [3.8, 4) is 11.5 Å². The summed E-state index contributed by atoms with van der Waals surface area (Å²) in [5.74, 6) is 0.951. The fourth-order valence-electron chi connectivity index (χ4n) is 3.11. The maximum atomic E-state index is 12.6. The van der Waals surface area contributed by atoms with E-state index < -0.39 is 21.2 Å². The number of halogens is 3. The number of rotatable bonds is 7. The molecule has 0 spiro atoms. The zero-order valence-corrected chi connectivity index (χ0v) is 20.8. The molecule has 30 heavy (non-hydrogen) atoms. The molecule has 0 saturated carbocycles. The highest BCUT2D eigenvalue weighted by atomic mass is 127. The first-order valence-electron chi connectivity index (χ1n) is 9.47. The van der Waals surface area contributed by atoms with Gasteiger partial charge in [-0.1, -0.05) is 6.07 Å². The predicted octanol–water partition coefficient (Wildman–Crippen LogP) is 2.93. The van der Waals surface area contributed by atoms with Gasteiger partial charge in [-0.2, -0.15) is 8.78 Å². The first-order valence-corrected chi connectivity index (χ1v) is 11.1. The molecule has 1 aromatic rings. The van der Waals surface area contributed by atoms with Crippen LogP contribution < -0.4 is 14.8 Å². The van der Waals surface area contributed by atoms with Gasteiger partial charge in [0, 0.05) is 26.2 Å². The van der Waals surface area contributed by atoms with E-state index in [9.17, 15) is 17.2 Å². The quantitative estimate of drug-likeness (QED) is 0.314. The van der Waals surface area contributed by atoms with E-state index in [-0.39, 0.29) is 41.2 Å². The highest BCUT2D eigenvalue weighted by Crippen LogP contribution is 2.29. The molecule has 1 aliphatic heterocycles. The Morgan fingerprint density at radius 2 is 2.03 bits per heavy atom. The monoisotopic (exact) mass is 561 g/mol. The van der Waals surface area contributed by atoms with Crippen molar-refractivity contribution in [3.63, 3.8) is 0 Å². The number of guanidine groups is 1. The topological polar surface area (TPSA) is 80.2 Å². The molecule has 0 aliphatic carbocycles. The van der Waals surface area contributed by atoms with E-state index in [1.807, 2.05) is 11.8 Å². The molecule has 0 amide bonds. The maximum Gasteiger partial charge on any atom is 0.387 e. The highest BCUT2D eigenvalue weighted by Gasteiger charge is 2.40. The van der Waals surface area contributed by atoms with Crippen LogP contribution in [0.2, 0.25) is 0 Å². The minimum absolute atomic E-state index is 0. The zero-order chi connectivity index (χ0) is 21.7. The molecule has 172 valence electrons. The average Bonchev–Trinajstić information content (AvgIpc) is 2.63. The first kappa shape index (κ1) is 26.7. The van der Waals surface area contributed by atoms with Gasteiger partial charge in [-0.15, -0.1) is 24.0 Å². The highest BCUT2D eigenvalue weighted by molar-refractivity contribution is 14.0. The molecule has 1 N–H and O–H groups in total. The van der Waals surface area contributed by atoms with Gasteiger partial charge in [0.15, 0.2) is 27.3 Å². The summed E-state index contributed by atoms with van der Waals surface area (Å²) in [7, 11) is -1.75. The number of nitrogens with one attached hydrogen (secondary N) is 1. The van der Waals surface area contributed by atoms with E-state index >= 15 is 0 Å². The van der Waals surface area contributed by atoms with Crippen molar-refractivity contribution in [1.29, 1.82) is 0 Å². The summed E-state index contributed by atoms with van der Waals surface area (Å²) in [5, 5.41) is 3.20. The molecule has 7 nitrogen and oxygen atoms in total. The number of alkyl halides is 2. The molecule has 0 aromatic heterocycles.